The van der Waals surface area contributed by atoms with E-state index in [4.69, 9.17) is 4.74 Å². The Morgan fingerprint density at radius 2 is 1.82 bits per heavy atom. The second-order valence-electron chi connectivity index (χ2n) is 8.46. The van der Waals surface area contributed by atoms with Crippen LogP contribution in [0.4, 0.5) is 11.4 Å². The van der Waals surface area contributed by atoms with Crippen molar-refractivity contribution in [2.45, 2.75) is 18.2 Å². The van der Waals surface area contributed by atoms with Crippen molar-refractivity contribution in [3.05, 3.63) is 48.5 Å². The summed E-state index contributed by atoms with van der Waals surface area (Å²) in [5.74, 6) is -0.366. The second kappa shape index (κ2) is 10.1. The zero-order valence-corrected chi connectivity index (χ0v) is 20.3. The molecule has 10 heteroatoms. The lowest BCUT2D eigenvalue weighted by atomic mass is 10.1. The number of likely N-dealkylation sites (N-methyl/N-ethyl adjacent to an activating group) is 1. The molecule has 4 rings (SSSR count). The van der Waals surface area contributed by atoms with Gasteiger partial charge in [0, 0.05) is 56.6 Å². The van der Waals surface area contributed by atoms with Crippen LogP contribution in [0.3, 0.4) is 0 Å². The molecule has 9 nitrogen and oxygen atoms in total. The third kappa shape index (κ3) is 5.08. The number of nitrogens with zero attached hydrogens (tertiary/aromatic N) is 3. The van der Waals surface area contributed by atoms with Gasteiger partial charge in [-0.2, -0.15) is 4.31 Å². The summed E-state index contributed by atoms with van der Waals surface area (Å²) >= 11 is 0. The maximum absolute atomic E-state index is 13.1. The predicted molar refractivity (Wildman–Crippen MR) is 129 cm³/mol. The Bertz CT molecular complexity index is 1160. The van der Waals surface area contributed by atoms with Crippen molar-refractivity contribution in [2.75, 3.05) is 56.6 Å². The van der Waals surface area contributed by atoms with Gasteiger partial charge in [0.05, 0.1) is 17.9 Å². The molecule has 2 amide bonds. The summed E-state index contributed by atoms with van der Waals surface area (Å²) < 4.78 is 32.9. The van der Waals surface area contributed by atoms with E-state index in [1.54, 1.807) is 54.5 Å². The number of anilines is 2. The molecule has 2 aliphatic heterocycles. The fourth-order valence-electron chi connectivity index (χ4n) is 4.32. The summed E-state index contributed by atoms with van der Waals surface area (Å²) in [6, 6.07) is 13.4. The molecule has 2 saturated heterocycles. The van der Waals surface area contributed by atoms with Crippen molar-refractivity contribution < 1.29 is 22.7 Å². The Kier molecular flexibility index (Phi) is 7.20. The Morgan fingerprint density at radius 1 is 1.09 bits per heavy atom. The fraction of sp³-hybridized carbons (Fsp3) is 0.417. The van der Waals surface area contributed by atoms with Crippen molar-refractivity contribution in [2.24, 2.45) is 5.92 Å². The highest BCUT2D eigenvalue weighted by Gasteiger charge is 2.35. The molecule has 1 atom stereocenters. The summed E-state index contributed by atoms with van der Waals surface area (Å²) in [6.07, 6.45) is 0.0861. The molecule has 0 aromatic heterocycles. The van der Waals surface area contributed by atoms with Gasteiger partial charge in [0.2, 0.25) is 21.8 Å². The Labute approximate surface area is 200 Å². The lowest BCUT2D eigenvalue weighted by Crippen LogP contribution is -2.48. The number of ether oxygens (including phenoxy) is 1. The third-order valence-corrected chi connectivity index (χ3v) is 8.27. The number of hydrogen-bond donors (Lipinski definition) is 1. The minimum atomic E-state index is -3.65. The lowest BCUT2D eigenvalue weighted by Gasteiger charge is -2.33. The Balaban J connectivity index is 1.43. The van der Waals surface area contributed by atoms with Gasteiger partial charge in [-0.3, -0.25) is 9.59 Å². The molecule has 2 fully saturated rings. The van der Waals surface area contributed by atoms with Crippen LogP contribution in [0.2, 0.25) is 0 Å². The lowest BCUT2D eigenvalue weighted by molar-refractivity contribution is -0.122. The number of carbonyl (C=O) groups is 2. The van der Waals surface area contributed by atoms with E-state index in [1.807, 2.05) is 0 Å². The van der Waals surface area contributed by atoms with E-state index in [9.17, 15) is 18.0 Å². The van der Waals surface area contributed by atoms with Crippen molar-refractivity contribution >= 4 is 33.2 Å². The highest BCUT2D eigenvalue weighted by atomic mass is 32.2. The van der Waals surface area contributed by atoms with Gasteiger partial charge in [0.25, 0.3) is 0 Å². The highest BCUT2D eigenvalue weighted by molar-refractivity contribution is 7.89. The van der Waals surface area contributed by atoms with Gasteiger partial charge >= 0.3 is 0 Å². The number of sulfonamides is 1. The normalized spacial score (nSPS) is 19.9. The molecule has 1 unspecified atom stereocenters. The zero-order valence-electron chi connectivity index (χ0n) is 19.4. The highest BCUT2D eigenvalue weighted by Crippen LogP contribution is 2.29. The van der Waals surface area contributed by atoms with E-state index in [2.05, 4.69) is 17.1 Å². The van der Waals surface area contributed by atoms with Crippen molar-refractivity contribution in [1.29, 1.82) is 0 Å². The number of piperazine rings is 1. The van der Waals surface area contributed by atoms with E-state index in [0.717, 1.165) is 6.54 Å². The largest absolute Gasteiger partial charge is 0.497 e. The summed E-state index contributed by atoms with van der Waals surface area (Å²) in [5.41, 5.74) is 1.07. The average molecular weight is 487 g/mol. The molecule has 2 aromatic rings. The van der Waals surface area contributed by atoms with Crippen LogP contribution in [-0.2, 0) is 19.6 Å². The standard InChI is InChI=1S/C24H30N4O5S/c1-3-26-10-12-27(13-11-26)34(31,32)22-9-4-6-19(15-22)25-24(30)18-14-23(29)28(17-18)20-7-5-8-21(16-20)33-2/h4-9,15-16,18H,3,10-14,17H2,1-2H3,(H,25,30). The van der Waals surface area contributed by atoms with Gasteiger partial charge < -0.3 is 19.9 Å². The van der Waals surface area contributed by atoms with Crippen LogP contribution < -0.4 is 15.0 Å². The maximum Gasteiger partial charge on any atom is 0.243 e. The minimum absolute atomic E-state index is 0.0861. The Hall–Kier alpha value is -2.95. The number of amides is 2. The zero-order chi connectivity index (χ0) is 24.3. The van der Waals surface area contributed by atoms with Crippen LogP contribution in [0.5, 0.6) is 5.75 Å². The van der Waals surface area contributed by atoms with Gasteiger partial charge in [-0.1, -0.05) is 19.1 Å². The topological polar surface area (TPSA) is 99.3 Å². The van der Waals surface area contributed by atoms with E-state index in [1.165, 1.54) is 10.4 Å². The molecule has 2 aromatic carbocycles. The monoisotopic (exact) mass is 486 g/mol. The minimum Gasteiger partial charge on any atom is -0.497 e. The van der Waals surface area contributed by atoms with Crippen LogP contribution in [0.1, 0.15) is 13.3 Å². The summed E-state index contributed by atoms with van der Waals surface area (Å²) in [6.45, 7) is 5.49. The Morgan fingerprint density at radius 3 is 2.53 bits per heavy atom. The van der Waals surface area contributed by atoms with Crippen molar-refractivity contribution in [3.63, 3.8) is 0 Å². The van der Waals surface area contributed by atoms with E-state index < -0.39 is 15.9 Å². The van der Waals surface area contributed by atoms with Gasteiger partial charge in [-0.05, 0) is 36.9 Å². The molecule has 0 bridgehead atoms. The molecule has 182 valence electrons. The first-order chi connectivity index (χ1) is 16.3. The predicted octanol–water partition coefficient (Wildman–Crippen LogP) is 2.01. The van der Waals surface area contributed by atoms with Crippen LogP contribution in [0.15, 0.2) is 53.4 Å². The van der Waals surface area contributed by atoms with Crippen molar-refractivity contribution in [3.8, 4) is 5.75 Å². The third-order valence-electron chi connectivity index (χ3n) is 6.38. The van der Waals surface area contributed by atoms with Crippen LogP contribution in [-0.4, -0.2) is 75.8 Å². The first-order valence-corrected chi connectivity index (χ1v) is 12.8. The quantitative estimate of drug-likeness (QED) is 0.643. The summed E-state index contributed by atoms with van der Waals surface area (Å²) in [5, 5.41) is 2.80. The van der Waals surface area contributed by atoms with E-state index >= 15 is 0 Å². The fourth-order valence-corrected chi connectivity index (χ4v) is 5.79. The number of hydrogen-bond acceptors (Lipinski definition) is 6. The molecule has 1 N–H and O–H groups in total. The number of benzene rings is 2. The molecule has 0 aliphatic carbocycles. The maximum atomic E-state index is 13.1. The molecule has 0 saturated carbocycles. The first-order valence-electron chi connectivity index (χ1n) is 11.4. The van der Waals surface area contributed by atoms with Crippen LogP contribution in [0, 0.1) is 5.92 Å². The molecular formula is C24H30N4O5S. The molecule has 0 radical (unpaired) electrons. The number of carbonyl (C=O) groups excluding carboxylic acids is 2. The van der Waals surface area contributed by atoms with Gasteiger partial charge in [0.1, 0.15) is 5.75 Å². The molecule has 2 aliphatic rings. The van der Waals surface area contributed by atoms with E-state index in [0.29, 0.717) is 43.3 Å². The molecule has 0 spiro atoms. The number of methoxy groups -OCH3 is 1. The number of rotatable bonds is 7. The molecular weight excluding hydrogens is 456 g/mol. The molecule has 2 heterocycles. The average Bonchev–Trinajstić information content (AvgIpc) is 3.26. The van der Waals surface area contributed by atoms with Gasteiger partial charge in [0.15, 0.2) is 0 Å². The first kappa shape index (κ1) is 24.2. The second-order valence-corrected chi connectivity index (χ2v) is 10.4. The molecule has 34 heavy (non-hydrogen) atoms. The van der Waals surface area contributed by atoms with Crippen LogP contribution >= 0.6 is 0 Å². The van der Waals surface area contributed by atoms with Crippen LogP contribution in [0.25, 0.3) is 0 Å². The van der Waals surface area contributed by atoms with Gasteiger partial charge in [-0.25, -0.2) is 8.42 Å². The SMILES string of the molecule is CCN1CCN(S(=O)(=O)c2cccc(NC(=O)C3CC(=O)N(c4cccc(OC)c4)C3)c2)CC1. The smallest absolute Gasteiger partial charge is 0.243 e. The summed E-state index contributed by atoms with van der Waals surface area (Å²) in [7, 11) is -2.09. The van der Waals surface area contributed by atoms with Crippen molar-refractivity contribution in [1.82, 2.24) is 9.21 Å². The summed E-state index contributed by atoms with van der Waals surface area (Å²) in [4.78, 5) is 29.4. The van der Waals surface area contributed by atoms with E-state index in [-0.39, 0.29) is 29.7 Å². The number of nitrogens with one attached hydrogen (secondary N) is 1. The van der Waals surface area contributed by atoms with Gasteiger partial charge in [-0.15, -0.1) is 0 Å².